The predicted molar refractivity (Wildman–Crippen MR) is 74.3 cm³/mol. The van der Waals surface area contributed by atoms with Crippen LogP contribution in [0.1, 0.15) is 6.92 Å². The summed E-state index contributed by atoms with van der Waals surface area (Å²) in [5.74, 6) is 1.02. The molecule has 1 aromatic heterocycles. The summed E-state index contributed by atoms with van der Waals surface area (Å²) in [4.78, 5) is 19.7. The fourth-order valence-corrected chi connectivity index (χ4v) is 2.02. The van der Waals surface area contributed by atoms with Crippen LogP contribution in [-0.4, -0.2) is 42.6 Å². The molecule has 100 valence electrons. The molecule has 0 saturated carbocycles. The maximum absolute atomic E-state index is 8.81. The Morgan fingerprint density at radius 2 is 1.89 bits per heavy atom. The minimum atomic E-state index is 0.750. The van der Waals surface area contributed by atoms with E-state index >= 15 is 0 Å². The fourth-order valence-electron chi connectivity index (χ4n) is 2.02. The minimum absolute atomic E-state index is 0.750. The fraction of sp³-hybridized carbons (Fsp3) is 0.357. The van der Waals surface area contributed by atoms with Crippen LogP contribution in [0, 0.1) is 0 Å². The van der Waals surface area contributed by atoms with E-state index < -0.39 is 0 Å². The third kappa shape index (κ3) is 3.26. The number of rotatable bonds is 1. The molecule has 3 rings (SSSR count). The average molecular weight is 259 g/mol. The van der Waals surface area contributed by atoms with E-state index in [2.05, 4.69) is 20.9 Å². The molecule has 1 aliphatic heterocycles. The summed E-state index contributed by atoms with van der Waals surface area (Å²) in [6.45, 7) is 4.80. The van der Waals surface area contributed by atoms with Crippen LogP contribution in [0.3, 0.4) is 0 Å². The topological polar surface area (TPSA) is 55.3 Å². The van der Waals surface area contributed by atoms with E-state index in [1.807, 2.05) is 18.2 Å². The summed E-state index contributed by atoms with van der Waals surface area (Å²) in [6.07, 6.45) is 2.38. The lowest BCUT2D eigenvalue weighted by Gasteiger charge is -2.28. The van der Waals surface area contributed by atoms with E-state index in [1.165, 1.54) is 6.92 Å². The van der Waals surface area contributed by atoms with Crippen LogP contribution < -0.4 is 4.90 Å². The Morgan fingerprint density at radius 3 is 2.63 bits per heavy atom. The third-order valence-corrected chi connectivity index (χ3v) is 2.83. The molecule has 0 radical (unpaired) electrons. The van der Waals surface area contributed by atoms with Crippen LogP contribution in [-0.2, 0) is 9.53 Å². The highest BCUT2D eigenvalue weighted by Gasteiger charge is 2.14. The molecule has 1 aliphatic rings. The van der Waals surface area contributed by atoms with Crippen molar-refractivity contribution in [1.82, 2.24) is 9.97 Å². The molecular weight excluding hydrogens is 242 g/mol. The number of fused-ring (bicyclic) bond motifs is 1. The molecule has 1 aromatic carbocycles. The first-order valence-electron chi connectivity index (χ1n) is 6.29. The zero-order valence-corrected chi connectivity index (χ0v) is 11.0. The van der Waals surface area contributed by atoms with Crippen LogP contribution >= 0.6 is 0 Å². The van der Waals surface area contributed by atoms with Crippen molar-refractivity contribution in [1.29, 1.82) is 0 Å². The molecule has 0 N–H and O–H groups in total. The Kier molecular flexibility index (Phi) is 4.80. The first kappa shape index (κ1) is 13.4. The van der Waals surface area contributed by atoms with Gasteiger partial charge in [-0.25, -0.2) is 9.97 Å². The van der Waals surface area contributed by atoms with Crippen LogP contribution in [0.4, 0.5) is 5.82 Å². The Morgan fingerprint density at radius 1 is 1.21 bits per heavy atom. The van der Waals surface area contributed by atoms with E-state index in [0.29, 0.717) is 0 Å². The van der Waals surface area contributed by atoms with Gasteiger partial charge >= 0.3 is 0 Å². The molecule has 0 unspecified atom stereocenters. The van der Waals surface area contributed by atoms with Crippen molar-refractivity contribution in [2.75, 3.05) is 31.2 Å². The van der Waals surface area contributed by atoms with Gasteiger partial charge in [-0.1, -0.05) is 12.1 Å². The van der Waals surface area contributed by atoms with E-state index in [4.69, 9.17) is 9.53 Å². The molecule has 0 amide bonds. The molecule has 2 heterocycles. The molecule has 0 bridgehead atoms. The lowest BCUT2D eigenvalue weighted by Crippen LogP contribution is -2.36. The first-order valence-corrected chi connectivity index (χ1v) is 6.29. The number of benzene rings is 1. The van der Waals surface area contributed by atoms with Gasteiger partial charge < -0.3 is 14.4 Å². The monoisotopic (exact) mass is 259 g/mol. The lowest BCUT2D eigenvalue weighted by molar-refractivity contribution is -0.106. The molecule has 5 heteroatoms. The van der Waals surface area contributed by atoms with Crippen molar-refractivity contribution in [3.8, 4) is 0 Å². The van der Waals surface area contributed by atoms with Gasteiger partial charge in [0.05, 0.1) is 18.7 Å². The Labute approximate surface area is 112 Å². The molecule has 2 aromatic rings. The van der Waals surface area contributed by atoms with Crippen molar-refractivity contribution in [3.63, 3.8) is 0 Å². The first-order chi connectivity index (χ1) is 9.36. The van der Waals surface area contributed by atoms with Crippen LogP contribution in [0.25, 0.3) is 10.9 Å². The minimum Gasteiger partial charge on any atom is -0.378 e. The SMILES string of the molecule is CC=O.c1ccc2c(N3CCOCC3)ncnc2c1. The second-order valence-electron chi connectivity index (χ2n) is 4.05. The van der Waals surface area contributed by atoms with Crippen molar-refractivity contribution in [3.05, 3.63) is 30.6 Å². The van der Waals surface area contributed by atoms with E-state index in [1.54, 1.807) is 6.33 Å². The molecule has 0 spiro atoms. The van der Waals surface area contributed by atoms with Gasteiger partial charge in [-0.2, -0.15) is 0 Å². The molecule has 0 atom stereocenters. The predicted octanol–water partition coefficient (Wildman–Crippen LogP) is 1.67. The number of ether oxygens (including phenoxy) is 1. The van der Waals surface area contributed by atoms with Gasteiger partial charge in [-0.3, -0.25) is 0 Å². The number of anilines is 1. The van der Waals surface area contributed by atoms with Crippen LogP contribution in [0.15, 0.2) is 30.6 Å². The van der Waals surface area contributed by atoms with Crippen molar-refractivity contribution >= 4 is 23.0 Å². The van der Waals surface area contributed by atoms with Crippen LogP contribution in [0.5, 0.6) is 0 Å². The van der Waals surface area contributed by atoms with Gasteiger partial charge in [0.25, 0.3) is 0 Å². The second-order valence-corrected chi connectivity index (χ2v) is 4.05. The summed E-state index contributed by atoms with van der Waals surface area (Å²) in [5, 5.41) is 1.12. The van der Waals surface area contributed by atoms with Gasteiger partial charge in [0, 0.05) is 18.5 Å². The number of hydrogen-bond donors (Lipinski definition) is 0. The summed E-state index contributed by atoms with van der Waals surface area (Å²) in [7, 11) is 0. The van der Waals surface area contributed by atoms with E-state index in [-0.39, 0.29) is 0 Å². The molecule has 19 heavy (non-hydrogen) atoms. The Hall–Kier alpha value is -2.01. The zero-order chi connectivity index (χ0) is 13.5. The number of nitrogens with zero attached hydrogens (tertiary/aromatic N) is 3. The number of carbonyl (C=O) groups is 1. The maximum atomic E-state index is 8.81. The normalized spacial score (nSPS) is 14.7. The van der Waals surface area contributed by atoms with Gasteiger partial charge in [-0.15, -0.1) is 0 Å². The Balaban J connectivity index is 0.000000408. The highest BCUT2D eigenvalue weighted by molar-refractivity contribution is 5.89. The van der Waals surface area contributed by atoms with E-state index in [9.17, 15) is 0 Å². The van der Waals surface area contributed by atoms with Gasteiger partial charge in [-0.05, 0) is 19.1 Å². The summed E-state index contributed by atoms with van der Waals surface area (Å²) >= 11 is 0. The molecule has 1 saturated heterocycles. The molecule has 0 aliphatic carbocycles. The summed E-state index contributed by atoms with van der Waals surface area (Å²) < 4.78 is 5.35. The smallest absolute Gasteiger partial charge is 0.140 e. The average Bonchev–Trinajstić information content (AvgIpc) is 2.48. The maximum Gasteiger partial charge on any atom is 0.140 e. The van der Waals surface area contributed by atoms with Crippen molar-refractivity contribution < 1.29 is 9.53 Å². The highest BCUT2D eigenvalue weighted by atomic mass is 16.5. The van der Waals surface area contributed by atoms with E-state index in [0.717, 1.165) is 49.3 Å². The number of hydrogen-bond acceptors (Lipinski definition) is 5. The van der Waals surface area contributed by atoms with Crippen molar-refractivity contribution in [2.24, 2.45) is 0 Å². The number of morpholine rings is 1. The standard InChI is InChI=1S/C12H13N3O.C2H4O/c1-2-4-11-10(3-1)12(14-9-13-11)15-5-7-16-8-6-15;1-2-3/h1-4,9H,5-8H2;2H,1H3. The number of aldehydes is 1. The quantitative estimate of drug-likeness (QED) is 0.729. The Bertz CT molecular complexity index is 534. The summed E-state index contributed by atoms with van der Waals surface area (Å²) in [5.41, 5.74) is 0.999. The van der Waals surface area contributed by atoms with Gasteiger partial charge in [0.1, 0.15) is 18.4 Å². The number of aromatic nitrogens is 2. The largest absolute Gasteiger partial charge is 0.378 e. The van der Waals surface area contributed by atoms with Gasteiger partial charge in [0.2, 0.25) is 0 Å². The molecular formula is C14H17N3O2. The van der Waals surface area contributed by atoms with Crippen molar-refractivity contribution in [2.45, 2.75) is 6.92 Å². The second kappa shape index (κ2) is 6.80. The molecule has 1 fully saturated rings. The third-order valence-electron chi connectivity index (χ3n) is 2.83. The highest BCUT2D eigenvalue weighted by Crippen LogP contribution is 2.22. The van der Waals surface area contributed by atoms with Gasteiger partial charge in [0.15, 0.2) is 0 Å². The number of carbonyl (C=O) groups excluding carboxylic acids is 1. The van der Waals surface area contributed by atoms with Crippen LogP contribution in [0.2, 0.25) is 0 Å². The molecule has 5 nitrogen and oxygen atoms in total. The number of para-hydroxylation sites is 1. The summed E-state index contributed by atoms with van der Waals surface area (Å²) in [6, 6.07) is 8.11. The lowest BCUT2D eigenvalue weighted by atomic mass is 10.2. The zero-order valence-electron chi connectivity index (χ0n) is 11.0.